The van der Waals surface area contributed by atoms with E-state index in [2.05, 4.69) is 18.7 Å². The van der Waals surface area contributed by atoms with Gasteiger partial charge >= 0.3 is 0 Å². The molecule has 0 aliphatic carbocycles. The van der Waals surface area contributed by atoms with E-state index in [0.29, 0.717) is 6.04 Å². The second kappa shape index (κ2) is 10.1. The predicted octanol–water partition coefficient (Wildman–Crippen LogP) is 4.48. The highest BCUT2D eigenvalue weighted by Gasteiger charge is 2.22. The molecule has 1 aromatic carbocycles. The molecule has 0 amide bonds. The summed E-state index contributed by atoms with van der Waals surface area (Å²) in [6, 6.07) is 8.38. The molecule has 1 atom stereocenters. The largest absolute Gasteiger partial charge is 0.490 e. The number of piperidine rings is 1. The van der Waals surface area contributed by atoms with E-state index in [1.165, 1.54) is 0 Å². The van der Waals surface area contributed by atoms with E-state index in [1.54, 1.807) is 0 Å². The third-order valence-corrected chi connectivity index (χ3v) is 5.55. The van der Waals surface area contributed by atoms with Crippen LogP contribution in [0.15, 0.2) is 29.2 Å². The van der Waals surface area contributed by atoms with Crippen LogP contribution in [0.4, 0.5) is 0 Å². The van der Waals surface area contributed by atoms with Gasteiger partial charge in [-0.25, -0.2) is 0 Å². The van der Waals surface area contributed by atoms with Gasteiger partial charge in [-0.1, -0.05) is 33.8 Å². The topological polar surface area (TPSA) is 29.5 Å². The van der Waals surface area contributed by atoms with Crippen LogP contribution >= 0.6 is 0 Å². The normalized spacial score (nSPS) is 17.7. The van der Waals surface area contributed by atoms with E-state index in [9.17, 15) is 4.21 Å². The zero-order chi connectivity index (χ0) is 17.4. The van der Waals surface area contributed by atoms with E-state index >= 15 is 0 Å². The van der Waals surface area contributed by atoms with Crippen LogP contribution in [0, 0.1) is 0 Å². The third kappa shape index (κ3) is 6.27. The lowest BCUT2D eigenvalue weighted by atomic mass is 10.1. The van der Waals surface area contributed by atoms with Gasteiger partial charge in [0.1, 0.15) is 11.9 Å². The quantitative estimate of drug-likeness (QED) is 0.792. The minimum absolute atomic E-state index is 0.134. The Bertz CT molecular complexity index is 480. The van der Waals surface area contributed by atoms with Gasteiger partial charge in [0, 0.05) is 29.3 Å². The van der Waals surface area contributed by atoms with Gasteiger partial charge in [-0.15, -0.1) is 0 Å². The van der Waals surface area contributed by atoms with Crippen LogP contribution in [0.25, 0.3) is 0 Å². The van der Waals surface area contributed by atoms with Crippen LogP contribution < -0.4 is 4.74 Å². The lowest BCUT2D eigenvalue weighted by molar-refractivity contribution is 0.0841. The number of likely N-dealkylation sites (tertiary alicyclic amines) is 1. The monoisotopic (exact) mass is 339 g/mol. The summed E-state index contributed by atoms with van der Waals surface area (Å²) in [5, 5.41) is 0.134. The Labute approximate surface area is 144 Å². The van der Waals surface area contributed by atoms with E-state index in [1.807, 2.05) is 52.0 Å². The second-order valence-corrected chi connectivity index (χ2v) is 8.28. The second-order valence-electron chi connectivity index (χ2n) is 6.27. The van der Waals surface area contributed by atoms with Crippen LogP contribution in [0.1, 0.15) is 54.4 Å². The first-order chi connectivity index (χ1) is 11.0. The van der Waals surface area contributed by atoms with Gasteiger partial charge < -0.3 is 9.64 Å². The maximum atomic E-state index is 12.2. The van der Waals surface area contributed by atoms with Crippen molar-refractivity contribution in [3.05, 3.63) is 24.3 Å². The Morgan fingerprint density at radius 2 is 1.74 bits per heavy atom. The van der Waals surface area contributed by atoms with Crippen LogP contribution in [0.3, 0.4) is 0 Å². The van der Waals surface area contributed by atoms with Crippen LogP contribution in [0.2, 0.25) is 0 Å². The van der Waals surface area contributed by atoms with Crippen molar-refractivity contribution in [2.45, 2.75) is 76.7 Å². The van der Waals surface area contributed by atoms with E-state index in [0.717, 1.165) is 36.6 Å². The van der Waals surface area contributed by atoms with Crippen molar-refractivity contribution in [2.75, 3.05) is 13.1 Å². The molecule has 1 saturated heterocycles. The van der Waals surface area contributed by atoms with Crippen molar-refractivity contribution < 1.29 is 8.95 Å². The van der Waals surface area contributed by atoms with E-state index in [4.69, 9.17) is 4.74 Å². The van der Waals surface area contributed by atoms with Gasteiger partial charge in [-0.3, -0.25) is 4.21 Å². The standard InChI is InChI=1S/C17H27NO2S.C2H6/c1-13(2)18-10-8-15(9-11-18)20-16-6-5-7-17(12-16)21(19)14(3)4;1-2/h5-7,12-15H,8-11H2,1-4H3;1-2H3. The Morgan fingerprint density at radius 1 is 1.13 bits per heavy atom. The minimum atomic E-state index is -0.952. The van der Waals surface area contributed by atoms with Crippen molar-refractivity contribution in [3.63, 3.8) is 0 Å². The summed E-state index contributed by atoms with van der Waals surface area (Å²) in [6.07, 6.45) is 2.41. The van der Waals surface area contributed by atoms with Crippen molar-refractivity contribution in [1.82, 2.24) is 4.90 Å². The smallest absolute Gasteiger partial charge is 0.120 e. The molecule has 23 heavy (non-hydrogen) atoms. The highest BCUT2D eigenvalue weighted by atomic mass is 32.2. The SMILES string of the molecule is CC.CC(C)N1CCC(Oc2cccc(S(=O)C(C)C)c2)CC1. The van der Waals surface area contributed by atoms with E-state index in [-0.39, 0.29) is 11.4 Å². The van der Waals surface area contributed by atoms with Crippen molar-refractivity contribution in [3.8, 4) is 5.75 Å². The summed E-state index contributed by atoms with van der Waals surface area (Å²) in [7, 11) is -0.952. The summed E-state index contributed by atoms with van der Waals surface area (Å²) >= 11 is 0. The van der Waals surface area contributed by atoms with Crippen molar-refractivity contribution in [1.29, 1.82) is 0 Å². The first-order valence-electron chi connectivity index (χ1n) is 8.88. The number of hydrogen-bond donors (Lipinski definition) is 0. The van der Waals surface area contributed by atoms with Crippen LogP contribution in [-0.4, -0.2) is 39.6 Å². The molecule has 1 fully saturated rings. The summed E-state index contributed by atoms with van der Waals surface area (Å²) in [6.45, 7) is 14.6. The molecule has 132 valence electrons. The van der Waals surface area contributed by atoms with Crippen LogP contribution in [-0.2, 0) is 10.8 Å². The number of rotatable bonds is 5. The Kier molecular flexibility index (Phi) is 8.85. The van der Waals surface area contributed by atoms with Crippen molar-refractivity contribution in [2.24, 2.45) is 0 Å². The maximum Gasteiger partial charge on any atom is 0.120 e. The highest BCUT2D eigenvalue weighted by Crippen LogP contribution is 2.23. The summed E-state index contributed by atoms with van der Waals surface area (Å²) < 4.78 is 18.2. The van der Waals surface area contributed by atoms with Gasteiger partial charge in [-0.05, 0) is 44.9 Å². The Balaban J connectivity index is 0.00000127. The average molecular weight is 340 g/mol. The Hall–Kier alpha value is -0.870. The first-order valence-corrected chi connectivity index (χ1v) is 10.1. The molecule has 0 aromatic heterocycles. The molecule has 1 aromatic rings. The number of ether oxygens (including phenoxy) is 1. The van der Waals surface area contributed by atoms with E-state index < -0.39 is 10.8 Å². The summed E-state index contributed by atoms with van der Waals surface area (Å²) in [4.78, 5) is 3.35. The molecule has 0 saturated carbocycles. The molecule has 1 aliphatic rings. The molecule has 1 heterocycles. The lowest BCUT2D eigenvalue weighted by Gasteiger charge is -2.34. The molecule has 0 bridgehead atoms. The number of hydrogen-bond acceptors (Lipinski definition) is 3. The fraction of sp³-hybridized carbons (Fsp3) is 0.684. The molecule has 0 spiro atoms. The molecular formula is C19H33NO2S. The molecule has 4 heteroatoms. The molecule has 2 rings (SSSR count). The van der Waals surface area contributed by atoms with Gasteiger partial charge in [0.2, 0.25) is 0 Å². The minimum Gasteiger partial charge on any atom is -0.490 e. The summed E-state index contributed by atoms with van der Waals surface area (Å²) in [5.41, 5.74) is 0. The zero-order valence-electron chi connectivity index (χ0n) is 15.5. The molecular weight excluding hydrogens is 306 g/mol. The third-order valence-electron chi connectivity index (χ3n) is 3.98. The molecule has 1 aliphatic heterocycles. The number of benzene rings is 1. The fourth-order valence-corrected chi connectivity index (χ4v) is 3.64. The van der Waals surface area contributed by atoms with Gasteiger partial charge in [0.15, 0.2) is 0 Å². The van der Waals surface area contributed by atoms with Crippen molar-refractivity contribution >= 4 is 10.8 Å². The van der Waals surface area contributed by atoms with Gasteiger partial charge in [-0.2, -0.15) is 0 Å². The molecule has 3 nitrogen and oxygen atoms in total. The first kappa shape index (κ1) is 20.2. The zero-order valence-corrected chi connectivity index (χ0v) is 16.4. The highest BCUT2D eigenvalue weighted by molar-refractivity contribution is 7.85. The maximum absolute atomic E-state index is 12.2. The molecule has 1 unspecified atom stereocenters. The van der Waals surface area contributed by atoms with Crippen LogP contribution in [0.5, 0.6) is 5.75 Å². The fourth-order valence-electron chi connectivity index (χ4n) is 2.65. The van der Waals surface area contributed by atoms with Gasteiger partial charge in [0.25, 0.3) is 0 Å². The van der Waals surface area contributed by atoms with Gasteiger partial charge in [0.05, 0.1) is 10.8 Å². The lowest BCUT2D eigenvalue weighted by Crippen LogP contribution is -2.41. The molecule has 0 N–H and O–H groups in total. The predicted molar refractivity (Wildman–Crippen MR) is 99.7 cm³/mol. The Morgan fingerprint density at radius 3 is 2.26 bits per heavy atom. The average Bonchev–Trinajstić information content (AvgIpc) is 2.56. The molecule has 0 radical (unpaired) electrons. The summed E-state index contributed by atoms with van der Waals surface area (Å²) in [5.74, 6) is 0.851. The number of nitrogens with zero attached hydrogens (tertiary/aromatic N) is 1.